The number of hydrogen-bond acceptors (Lipinski definition) is 3. The predicted octanol–water partition coefficient (Wildman–Crippen LogP) is 1.22. The van der Waals surface area contributed by atoms with Crippen molar-refractivity contribution in [2.24, 2.45) is 11.7 Å². The molecule has 0 amide bonds. The minimum atomic E-state index is 0.0844. The Labute approximate surface area is 90.6 Å². The first-order chi connectivity index (χ1) is 7.22. The first-order valence-electron chi connectivity index (χ1n) is 5.33. The van der Waals surface area contributed by atoms with E-state index in [4.69, 9.17) is 10.5 Å². The zero-order valence-corrected chi connectivity index (χ0v) is 9.29. The monoisotopic (exact) mass is 206 g/mol. The van der Waals surface area contributed by atoms with E-state index < -0.39 is 0 Å². The lowest BCUT2D eigenvalue weighted by Crippen LogP contribution is -2.47. The molecule has 1 aliphatic heterocycles. The summed E-state index contributed by atoms with van der Waals surface area (Å²) in [6, 6.07) is 6.26. The molecule has 2 rings (SSSR count). The highest BCUT2D eigenvalue weighted by Crippen LogP contribution is 2.30. The van der Waals surface area contributed by atoms with Gasteiger partial charge < -0.3 is 15.8 Å². The molecule has 0 aliphatic carbocycles. The Morgan fingerprint density at radius 3 is 2.73 bits per heavy atom. The maximum absolute atomic E-state index is 6.23. The molecular weight excluding hydrogens is 188 g/mol. The fraction of sp³-hybridized carbons (Fsp3) is 0.500. The highest BCUT2D eigenvalue weighted by Gasteiger charge is 2.27. The fourth-order valence-electron chi connectivity index (χ4n) is 1.93. The summed E-state index contributed by atoms with van der Waals surface area (Å²) in [7, 11) is 1.69. The maximum Gasteiger partial charge on any atom is 0.123 e. The van der Waals surface area contributed by atoms with Crippen LogP contribution in [0.5, 0.6) is 5.75 Å². The molecule has 1 aromatic rings. The van der Waals surface area contributed by atoms with Crippen molar-refractivity contribution < 1.29 is 4.74 Å². The third kappa shape index (κ3) is 1.98. The number of aryl methyl sites for hydroxylation is 1. The van der Waals surface area contributed by atoms with E-state index in [-0.39, 0.29) is 6.04 Å². The molecule has 0 saturated carbocycles. The zero-order chi connectivity index (χ0) is 10.8. The van der Waals surface area contributed by atoms with E-state index in [1.807, 2.05) is 12.1 Å². The second-order valence-corrected chi connectivity index (χ2v) is 4.19. The highest BCUT2D eigenvalue weighted by molar-refractivity contribution is 5.39. The van der Waals surface area contributed by atoms with E-state index >= 15 is 0 Å². The summed E-state index contributed by atoms with van der Waals surface area (Å²) < 4.78 is 5.34. The summed E-state index contributed by atoms with van der Waals surface area (Å²) >= 11 is 0. The quantitative estimate of drug-likeness (QED) is 0.781. The molecule has 3 nitrogen and oxygen atoms in total. The predicted molar refractivity (Wildman–Crippen MR) is 61.0 cm³/mol. The second kappa shape index (κ2) is 4.21. The summed E-state index contributed by atoms with van der Waals surface area (Å²) in [5.41, 5.74) is 8.58. The van der Waals surface area contributed by atoms with Crippen LogP contribution in [0.3, 0.4) is 0 Å². The second-order valence-electron chi connectivity index (χ2n) is 4.19. The minimum absolute atomic E-state index is 0.0844. The summed E-state index contributed by atoms with van der Waals surface area (Å²) in [5, 5.41) is 3.24. The molecule has 3 N–H and O–H groups in total. The average molecular weight is 206 g/mol. The van der Waals surface area contributed by atoms with E-state index in [0.29, 0.717) is 5.92 Å². The first kappa shape index (κ1) is 10.5. The van der Waals surface area contributed by atoms with Crippen LogP contribution in [-0.4, -0.2) is 20.2 Å². The van der Waals surface area contributed by atoms with E-state index in [0.717, 1.165) is 24.4 Å². The topological polar surface area (TPSA) is 47.3 Å². The summed E-state index contributed by atoms with van der Waals surface area (Å²) in [6.07, 6.45) is 0. The first-order valence-corrected chi connectivity index (χ1v) is 5.33. The Morgan fingerprint density at radius 1 is 1.47 bits per heavy atom. The van der Waals surface area contributed by atoms with E-state index in [9.17, 15) is 0 Å². The maximum atomic E-state index is 6.23. The van der Waals surface area contributed by atoms with Gasteiger partial charge in [-0.3, -0.25) is 0 Å². The average Bonchev–Trinajstić information content (AvgIpc) is 2.15. The van der Waals surface area contributed by atoms with Gasteiger partial charge in [0.25, 0.3) is 0 Å². The molecule has 1 heterocycles. The number of ether oxygens (including phenoxy) is 1. The molecule has 0 bridgehead atoms. The van der Waals surface area contributed by atoms with Gasteiger partial charge in [-0.1, -0.05) is 17.7 Å². The van der Waals surface area contributed by atoms with Crippen molar-refractivity contribution in [1.82, 2.24) is 5.32 Å². The summed E-state index contributed by atoms with van der Waals surface area (Å²) in [4.78, 5) is 0. The zero-order valence-electron chi connectivity index (χ0n) is 9.29. The Kier molecular flexibility index (Phi) is 2.93. The van der Waals surface area contributed by atoms with E-state index in [2.05, 4.69) is 18.3 Å². The van der Waals surface area contributed by atoms with Crippen molar-refractivity contribution in [3.63, 3.8) is 0 Å². The highest BCUT2D eigenvalue weighted by atomic mass is 16.5. The van der Waals surface area contributed by atoms with Gasteiger partial charge in [0.1, 0.15) is 5.75 Å². The van der Waals surface area contributed by atoms with Crippen LogP contribution >= 0.6 is 0 Å². The standard InChI is InChI=1S/C12H18N2O/c1-8-3-4-11(15-2)10(5-8)12(13)9-6-14-7-9/h3-5,9,12,14H,6-7,13H2,1-2H3. The molecule has 1 fully saturated rings. The number of methoxy groups -OCH3 is 1. The smallest absolute Gasteiger partial charge is 0.123 e. The molecule has 0 aromatic heterocycles. The van der Waals surface area contributed by atoms with Crippen molar-refractivity contribution in [2.45, 2.75) is 13.0 Å². The van der Waals surface area contributed by atoms with E-state index in [1.165, 1.54) is 5.56 Å². The molecule has 0 spiro atoms. The van der Waals surface area contributed by atoms with Crippen LogP contribution in [0, 0.1) is 12.8 Å². The van der Waals surface area contributed by atoms with Crippen molar-refractivity contribution >= 4 is 0 Å². The van der Waals surface area contributed by atoms with Gasteiger partial charge in [0.05, 0.1) is 7.11 Å². The molecule has 1 atom stereocenters. The van der Waals surface area contributed by atoms with Gasteiger partial charge in [-0.15, -0.1) is 0 Å². The Morgan fingerprint density at radius 2 is 2.20 bits per heavy atom. The van der Waals surface area contributed by atoms with Crippen LogP contribution in [0.15, 0.2) is 18.2 Å². The third-order valence-corrected chi connectivity index (χ3v) is 3.07. The third-order valence-electron chi connectivity index (χ3n) is 3.07. The van der Waals surface area contributed by atoms with Crippen LogP contribution in [0.1, 0.15) is 17.2 Å². The van der Waals surface area contributed by atoms with Crippen LogP contribution in [0.25, 0.3) is 0 Å². The normalized spacial score (nSPS) is 18.3. The van der Waals surface area contributed by atoms with Gasteiger partial charge >= 0.3 is 0 Å². The lowest BCUT2D eigenvalue weighted by atomic mass is 9.88. The van der Waals surface area contributed by atoms with Gasteiger partial charge in [-0.25, -0.2) is 0 Å². The van der Waals surface area contributed by atoms with Gasteiger partial charge in [0, 0.05) is 30.6 Å². The van der Waals surface area contributed by atoms with Gasteiger partial charge in [-0.05, 0) is 13.0 Å². The number of benzene rings is 1. The van der Waals surface area contributed by atoms with Crippen molar-refractivity contribution in [3.05, 3.63) is 29.3 Å². The fourth-order valence-corrected chi connectivity index (χ4v) is 1.93. The van der Waals surface area contributed by atoms with Crippen molar-refractivity contribution in [1.29, 1.82) is 0 Å². The van der Waals surface area contributed by atoms with Crippen LogP contribution in [-0.2, 0) is 0 Å². The Bertz CT molecular complexity index is 347. The van der Waals surface area contributed by atoms with Crippen LogP contribution in [0.2, 0.25) is 0 Å². The van der Waals surface area contributed by atoms with Gasteiger partial charge in [-0.2, -0.15) is 0 Å². The lowest BCUT2D eigenvalue weighted by Gasteiger charge is -2.33. The molecule has 1 aromatic carbocycles. The molecule has 1 saturated heterocycles. The number of nitrogens with two attached hydrogens (primary N) is 1. The van der Waals surface area contributed by atoms with Gasteiger partial charge in [0.2, 0.25) is 0 Å². The van der Waals surface area contributed by atoms with E-state index in [1.54, 1.807) is 7.11 Å². The van der Waals surface area contributed by atoms with Crippen molar-refractivity contribution in [2.75, 3.05) is 20.2 Å². The molecule has 1 aliphatic rings. The molecule has 1 unspecified atom stereocenters. The largest absolute Gasteiger partial charge is 0.496 e. The summed E-state index contributed by atoms with van der Waals surface area (Å²) in [6.45, 7) is 4.10. The SMILES string of the molecule is COc1ccc(C)cc1C(N)C1CNC1. The number of rotatable bonds is 3. The molecule has 82 valence electrons. The number of nitrogens with one attached hydrogen (secondary N) is 1. The lowest BCUT2D eigenvalue weighted by molar-refractivity contribution is 0.288. The molecule has 15 heavy (non-hydrogen) atoms. The van der Waals surface area contributed by atoms with Crippen molar-refractivity contribution in [3.8, 4) is 5.75 Å². The number of hydrogen-bond donors (Lipinski definition) is 2. The van der Waals surface area contributed by atoms with Crippen LogP contribution < -0.4 is 15.8 Å². The van der Waals surface area contributed by atoms with Crippen LogP contribution in [0.4, 0.5) is 0 Å². The Balaban J connectivity index is 2.27. The molecule has 3 heteroatoms. The minimum Gasteiger partial charge on any atom is -0.496 e. The van der Waals surface area contributed by atoms with Gasteiger partial charge in [0.15, 0.2) is 0 Å². The summed E-state index contributed by atoms with van der Waals surface area (Å²) in [5.74, 6) is 1.45. The molecular formula is C12H18N2O. The Hall–Kier alpha value is -1.06. The molecule has 0 radical (unpaired) electrons.